The van der Waals surface area contributed by atoms with Crippen LogP contribution in [0.5, 0.6) is 11.5 Å². The van der Waals surface area contributed by atoms with Crippen molar-refractivity contribution >= 4 is 19.6 Å². The molecule has 0 unspecified atom stereocenters. The fraction of sp³-hybridized carbons (Fsp3) is 0.188. The maximum atomic E-state index is 12.9. The molecule has 0 fully saturated rings. The van der Waals surface area contributed by atoms with E-state index in [0.29, 0.717) is 33.8 Å². The number of benzene rings is 4. The minimum absolute atomic E-state index is 0.106. The van der Waals surface area contributed by atoms with Crippen LogP contribution in [0.25, 0.3) is 0 Å². The molecule has 0 saturated carbocycles. The number of hydrogen-bond donors (Lipinski definition) is 0. The average molecular weight is 522 g/mol. The molecule has 0 radical (unpaired) electrons. The first-order valence-corrected chi connectivity index (χ1v) is 12.7. The van der Waals surface area contributed by atoms with Crippen LogP contribution in [0.3, 0.4) is 0 Å². The Morgan fingerprint density at radius 1 is 0.564 bits per heavy atom. The molecule has 4 aromatic rings. The zero-order chi connectivity index (χ0) is 27.8. The summed E-state index contributed by atoms with van der Waals surface area (Å²) >= 11 is 0. The molecule has 0 aliphatic carbocycles. The standard InChI is InChI=1S/C32H31BO6/c1-21-15-17-27(23(3)29(21)31(34)36-19-25-11-7-5-8-12-25)38-33-39-28-18-16-22(2)30(24(28)4)32(35)37-20-26-13-9-6-10-14-26/h5-18,33H,19-20H2,1-4H3. The number of esters is 2. The van der Waals surface area contributed by atoms with Gasteiger partial charge in [0.1, 0.15) is 24.7 Å². The first-order valence-electron chi connectivity index (χ1n) is 12.7. The summed E-state index contributed by atoms with van der Waals surface area (Å²) in [5.74, 6) is 0.209. The molecule has 0 atom stereocenters. The van der Waals surface area contributed by atoms with Crippen molar-refractivity contribution in [3.8, 4) is 11.5 Å². The van der Waals surface area contributed by atoms with E-state index in [-0.39, 0.29) is 20.9 Å². The summed E-state index contributed by atoms with van der Waals surface area (Å²) in [5.41, 5.74) is 5.71. The van der Waals surface area contributed by atoms with Gasteiger partial charge in [0.05, 0.1) is 11.1 Å². The highest BCUT2D eigenvalue weighted by Crippen LogP contribution is 2.28. The molecule has 0 spiro atoms. The third-order valence-electron chi connectivity index (χ3n) is 6.51. The summed E-state index contributed by atoms with van der Waals surface area (Å²) in [6.45, 7) is 7.74. The highest BCUT2D eigenvalue weighted by atomic mass is 16.6. The lowest BCUT2D eigenvalue weighted by molar-refractivity contribution is 0.0462. The normalized spacial score (nSPS) is 10.5. The Morgan fingerprint density at radius 2 is 0.949 bits per heavy atom. The van der Waals surface area contributed by atoms with E-state index in [2.05, 4.69) is 0 Å². The fourth-order valence-electron chi connectivity index (χ4n) is 4.34. The van der Waals surface area contributed by atoms with Gasteiger partial charge in [-0.25, -0.2) is 9.59 Å². The Hall–Kier alpha value is -4.52. The van der Waals surface area contributed by atoms with Crippen LogP contribution < -0.4 is 9.31 Å². The molecule has 0 amide bonds. The van der Waals surface area contributed by atoms with E-state index < -0.39 is 11.9 Å². The number of ether oxygens (including phenoxy) is 2. The van der Waals surface area contributed by atoms with E-state index in [9.17, 15) is 9.59 Å². The largest absolute Gasteiger partial charge is 0.576 e. The predicted octanol–water partition coefficient (Wildman–Crippen LogP) is 6.36. The minimum Gasteiger partial charge on any atom is -0.528 e. The second-order valence-corrected chi connectivity index (χ2v) is 9.29. The van der Waals surface area contributed by atoms with Crippen LogP contribution >= 0.6 is 0 Å². The molecule has 6 nitrogen and oxygen atoms in total. The molecule has 0 aliphatic rings. The van der Waals surface area contributed by atoms with E-state index in [1.165, 1.54) is 0 Å². The van der Waals surface area contributed by atoms with Crippen molar-refractivity contribution in [1.82, 2.24) is 0 Å². The quantitative estimate of drug-likeness (QED) is 0.178. The molecule has 0 saturated heterocycles. The van der Waals surface area contributed by atoms with Crippen molar-refractivity contribution in [1.29, 1.82) is 0 Å². The van der Waals surface area contributed by atoms with E-state index in [1.807, 2.05) is 100 Å². The molecule has 0 N–H and O–H groups in total. The maximum Gasteiger partial charge on any atom is 0.576 e. The minimum atomic E-state index is -0.409. The zero-order valence-corrected chi connectivity index (χ0v) is 22.7. The van der Waals surface area contributed by atoms with Crippen molar-refractivity contribution in [3.05, 3.63) is 129 Å². The molecule has 4 rings (SSSR count). The highest BCUT2D eigenvalue weighted by molar-refractivity contribution is 6.21. The third-order valence-corrected chi connectivity index (χ3v) is 6.51. The molecule has 39 heavy (non-hydrogen) atoms. The van der Waals surface area contributed by atoms with Gasteiger partial charge in [-0.3, -0.25) is 0 Å². The third kappa shape index (κ3) is 6.88. The Kier molecular flexibility index (Phi) is 9.05. The van der Waals surface area contributed by atoms with Crippen molar-refractivity contribution < 1.29 is 28.4 Å². The summed E-state index contributed by atoms with van der Waals surface area (Å²) in [6, 6.07) is 26.3. The topological polar surface area (TPSA) is 71.1 Å². The van der Waals surface area contributed by atoms with Gasteiger partial charge >= 0.3 is 19.6 Å². The van der Waals surface area contributed by atoms with Crippen LogP contribution in [-0.4, -0.2) is 19.6 Å². The Balaban J connectivity index is 1.40. The van der Waals surface area contributed by atoms with E-state index in [1.54, 1.807) is 12.1 Å². The smallest absolute Gasteiger partial charge is 0.528 e. The Labute approximate surface area is 229 Å². The molecule has 7 heteroatoms. The van der Waals surface area contributed by atoms with Crippen LogP contribution in [0.4, 0.5) is 0 Å². The summed E-state index contributed by atoms with van der Waals surface area (Å²) in [7, 11) is -0.106. The molecule has 0 heterocycles. The summed E-state index contributed by atoms with van der Waals surface area (Å²) < 4.78 is 22.9. The van der Waals surface area contributed by atoms with Crippen LogP contribution in [0.1, 0.15) is 54.1 Å². The van der Waals surface area contributed by atoms with Crippen LogP contribution in [-0.2, 0) is 22.7 Å². The van der Waals surface area contributed by atoms with Gasteiger partial charge in [0.25, 0.3) is 0 Å². The van der Waals surface area contributed by atoms with E-state index in [4.69, 9.17) is 18.8 Å². The van der Waals surface area contributed by atoms with Crippen molar-refractivity contribution in [3.63, 3.8) is 0 Å². The molecule has 0 bridgehead atoms. The molecule has 4 aromatic carbocycles. The lowest BCUT2D eigenvalue weighted by Crippen LogP contribution is -2.16. The Bertz CT molecular complexity index is 1340. The SMILES string of the molecule is Cc1ccc(OBOc2ccc(C)c(C(=O)OCc3ccccc3)c2C)c(C)c1C(=O)OCc1ccccc1. The van der Waals surface area contributed by atoms with Crippen LogP contribution in [0, 0.1) is 27.7 Å². The number of carbonyl (C=O) groups excluding carboxylic acids is 2. The Morgan fingerprint density at radius 3 is 1.33 bits per heavy atom. The average Bonchev–Trinajstić information content (AvgIpc) is 2.94. The summed E-state index contributed by atoms with van der Waals surface area (Å²) in [4.78, 5) is 25.8. The van der Waals surface area contributed by atoms with Gasteiger partial charge in [-0.05, 0) is 62.1 Å². The van der Waals surface area contributed by atoms with Crippen LogP contribution in [0.15, 0.2) is 84.9 Å². The first-order chi connectivity index (χ1) is 18.8. The van der Waals surface area contributed by atoms with Gasteiger partial charge in [-0.1, -0.05) is 72.8 Å². The lowest BCUT2D eigenvalue weighted by atomic mass is 10.0. The van der Waals surface area contributed by atoms with Gasteiger partial charge in [0.2, 0.25) is 0 Å². The van der Waals surface area contributed by atoms with Crippen LogP contribution in [0.2, 0.25) is 0 Å². The molecule has 0 aromatic heterocycles. The highest BCUT2D eigenvalue weighted by Gasteiger charge is 2.20. The summed E-state index contributed by atoms with van der Waals surface area (Å²) in [5, 5.41) is 0. The number of rotatable bonds is 10. The second kappa shape index (κ2) is 12.8. The van der Waals surface area contributed by atoms with E-state index >= 15 is 0 Å². The lowest BCUT2D eigenvalue weighted by Gasteiger charge is -2.17. The van der Waals surface area contributed by atoms with Crippen molar-refractivity contribution in [2.45, 2.75) is 40.9 Å². The molecule has 0 aliphatic heterocycles. The molecular formula is C32H31BO6. The van der Waals surface area contributed by atoms with Crippen molar-refractivity contribution in [2.24, 2.45) is 0 Å². The van der Waals surface area contributed by atoms with Gasteiger partial charge in [0.15, 0.2) is 0 Å². The number of hydrogen-bond acceptors (Lipinski definition) is 6. The van der Waals surface area contributed by atoms with Gasteiger partial charge < -0.3 is 18.8 Å². The van der Waals surface area contributed by atoms with E-state index in [0.717, 1.165) is 22.3 Å². The van der Waals surface area contributed by atoms with Crippen molar-refractivity contribution in [2.75, 3.05) is 0 Å². The fourth-order valence-corrected chi connectivity index (χ4v) is 4.34. The zero-order valence-electron chi connectivity index (χ0n) is 22.7. The molecule has 198 valence electrons. The molecular weight excluding hydrogens is 491 g/mol. The monoisotopic (exact) mass is 522 g/mol. The number of aryl methyl sites for hydroxylation is 2. The summed E-state index contributed by atoms with van der Waals surface area (Å²) in [6.07, 6.45) is 0. The van der Waals surface area contributed by atoms with Gasteiger partial charge in [0, 0.05) is 11.1 Å². The van der Waals surface area contributed by atoms with Gasteiger partial charge in [-0.2, -0.15) is 0 Å². The predicted molar refractivity (Wildman–Crippen MR) is 151 cm³/mol. The number of carbonyl (C=O) groups is 2. The first kappa shape index (κ1) is 27.5. The maximum absolute atomic E-state index is 12.9. The second-order valence-electron chi connectivity index (χ2n) is 9.29. The van der Waals surface area contributed by atoms with Gasteiger partial charge in [-0.15, -0.1) is 0 Å².